The average molecular weight is 157 g/mol. The van der Waals surface area contributed by atoms with Gasteiger partial charge in [-0.05, 0) is 6.42 Å². The number of carboxylic acids is 1. The highest BCUT2D eigenvalue weighted by Gasteiger charge is 2.20. The number of nitrogens with one attached hydrogen (secondary N) is 1. The molecule has 0 aromatic carbocycles. The van der Waals surface area contributed by atoms with E-state index in [-0.39, 0.29) is 6.54 Å². The van der Waals surface area contributed by atoms with Crippen LogP contribution in [0.5, 0.6) is 0 Å². The molecule has 0 radical (unpaired) electrons. The first-order chi connectivity index (χ1) is 5.24. The van der Waals surface area contributed by atoms with E-state index in [9.17, 15) is 4.79 Å². The standard InChI is InChI=1S/C6H11N3O2/c7-3-5-8-2-1-4(9-5)6(10)11/h4H,1-3,7H2,(H,8,9)(H,10,11)/t4-/m0/s1. The second-order valence-corrected chi connectivity index (χ2v) is 2.36. The van der Waals surface area contributed by atoms with Crippen LogP contribution in [0.4, 0.5) is 0 Å². The molecule has 62 valence electrons. The maximum atomic E-state index is 10.5. The molecule has 0 aromatic heterocycles. The van der Waals surface area contributed by atoms with Gasteiger partial charge in [0.05, 0.1) is 6.54 Å². The monoisotopic (exact) mass is 157 g/mol. The number of nitrogens with zero attached hydrogens (tertiary/aromatic N) is 1. The number of amidine groups is 1. The Labute approximate surface area is 64.3 Å². The lowest BCUT2D eigenvalue weighted by molar-refractivity contribution is -0.139. The first-order valence-electron chi connectivity index (χ1n) is 3.46. The molecule has 1 aliphatic heterocycles. The fourth-order valence-corrected chi connectivity index (χ4v) is 0.956. The first-order valence-corrected chi connectivity index (χ1v) is 3.46. The van der Waals surface area contributed by atoms with E-state index in [1.807, 2.05) is 0 Å². The molecule has 4 N–H and O–H groups in total. The Hall–Kier alpha value is -1.10. The molecule has 1 aliphatic rings. The van der Waals surface area contributed by atoms with Crippen molar-refractivity contribution in [3.05, 3.63) is 0 Å². The van der Waals surface area contributed by atoms with E-state index < -0.39 is 12.0 Å². The van der Waals surface area contributed by atoms with E-state index in [0.717, 1.165) is 0 Å². The summed E-state index contributed by atoms with van der Waals surface area (Å²) < 4.78 is 0. The number of rotatable bonds is 2. The summed E-state index contributed by atoms with van der Waals surface area (Å²) in [4.78, 5) is 14.5. The van der Waals surface area contributed by atoms with Crippen molar-refractivity contribution in [3.8, 4) is 0 Å². The predicted molar refractivity (Wildman–Crippen MR) is 40.5 cm³/mol. The van der Waals surface area contributed by atoms with E-state index in [4.69, 9.17) is 10.8 Å². The number of hydrogen-bond acceptors (Lipinski definition) is 4. The summed E-state index contributed by atoms with van der Waals surface area (Å²) in [7, 11) is 0. The summed E-state index contributed by atoms with van der Waals surface area (Å²) in [5.41, 5.74) is 5.28. The maximum absolute atomic E-state index is 10.5. The lowest BCUT2D eigenvalue weighted by atomic mass is 10.2. The van der Waals surface area contributed by atoms with Crippen molar-refractivity contribution < 1.29 is 9.90 Å². The zero-order chi connectivity index (χ0) is 8.27. The Morgan fingerprint density at radius 2 is 2.64 bits per heavy atom. The molecule has 5 nitrogen and oxygen atoms in total. The molecule has 11 heavy (non-hydrogen) atoms. The molecule has 0 amide bonds. The van der Waals surface area contributed by atoms with Crippen molar-refractivity contribution in [3.63, 3.8) is 0 Å². The van der Waals surface area contributed by atoms with Crippen LogP contribution in [0, 0.1) is 0 Å². The molecule has 0 saturated heterocycles. The Morgan fingerprint density at radius 1 is 1.91 bits per heavy atom. The van der Waals surface area contributed by atoms with E-state index >= 15 is 0 Å². The molecular weight excluding hydrogens is 146 g/mol. The third-order valence-electron chi connectivity index (χ3n) is 1.55. The summed E-state index contributed by atoms with van der Waals surface area (Å²) >= 11 is 0. The van der Waals surface area contributed by atoms with Crippen LogP contribution in [0.1, 0.15) is 6.42 Å². The number of hydrogen-bond donors (Lipinski definition) is 3. The third-order valence-corrected chi connectivity index (χ3v) is 1.55. The van der Waals surface area contributed by atoms with E-state index in [1.54, 1.807) is 0 Å². The molecule has 0 aliphatic carbocycles. The Kier molecular flexibility index (Phi) is 2.43. The van der Waals surface area contributed by atoms with Gasteiger partial charge in [0, 0.05) is 6.54 Å². The minimum Gasteiger partial charge on any atom is -0.480 e. The molecule has 5 heteroatoms. The SMILES string of the molecule is NCC1=NCC[C@@H](C(=O)O)N1. The lowest BCUT2D eigenvalue weighted by Gasteiger charge is -2.19. The normalized spacial score (nSPS) is 23.7. The quantitative estimate of drug-likeness (QED) is 0.469. The number of aliphatic carboxylic acids is 1. The molecular formula is C6H11N3O2. The molecule has 1 atom stereocenters. The topological polar surface area (TPSA) is 87.7 Å². The number of aliphatic imine (C=N–C) groups is 1. The minimum absolute atomic E-state index is 0.282. The predicted octanol–water partition coefficient (Wildman–Crippen LogP) is -1.21. The smallest absolute Gasteiger partial charge is 0.326 e. The largest absolute Gasteiger partial charge is 0.480 e. The van der Waals surface area contributed by atoms with Crippen LogP contribution in [0.3, 0.4) is 0 Å². The second-order valence-electron chi connectivity index (χ2n) is 2.36. The summed E-state index contributed by atoms with van der Waals surface area (Å²) in [6.45, 7) is 0.834. The van der Waals surface area contributed by atoms with Gasteiger partial charge in [-0.15, -0.1) is 0 Å². The fraction of sp³-hybridized carbons (Fsp3) is 0.667. The zero-order valence-electron chi connectivity index (χ0n) is 6.08. The van der Waals surface area contributed by atoms with Crippen LogP contribution >= 0.6 is 0 Å². The third kappa shape index (κ3) is 1.91. The minimum atomic E-state index is -0.842. The number of nitrogens with two attached hydrogens (primary N) is 1. The molecule has 0 spiro atoms. The Bertz CT molecular complexity index is 190. The van der Waals surface area contributed by atoms with Crippen molar-refractivity contribution in [1.82, 2.24) is 5.32 Å². The van der Waals surface area contributed by atoms with Crippen LogP contribution in [-0.4, -0.2) is 36.0 Å². The highest BCUT2D eigenvalue weighted by atomic mass is 16.4. The highest BCUT2D eigenvalue weighted by Crippen LogP contribution is 1.98. The number of carboxylic acid groups (broad SMARTS) is 1. The molecule has 0 aromatic rings. The second kappa shape index (κ2) is 3.34. The molecule has 0 bridgehead atoms. The Balaban J connectivity index is 2.53. The molecule has 0 saturated carbocycles. The highest BCUT2D eigenvalue weighted by molar-refractivity contribution is 5.89. The van der Waals surface area contributed by atoms with Crippen LogP contribution in [0.25, 0.3) is 0 Å². The van der Waals surface area contributed by atoms with Crippen molar-refractivity contribution in [2.45, 2.75) is 12.5 Å². The van der Waals surface area contributed by atoms with E-state index in [0.29, 0.717) is 18.8 Å². The van der Waals surface area contributed by atoms with Crippen LogP contribution in [0.15, 0.2) is 4.99 Å². The van der Waals surface area contributed by atoms with Crippen molar-refractivity contribution in [2.24, 2.45) is 10.7 Å². The molecule has 0 unspecified atom stereocenters. The van der Waals surface area contributed by atoms with Gasteiger partial charge in [0.2, 0.25) is 0 Å². The number of carbonyl (C=O) groups is 1. The van der Waals surface area contributed by atoms with Gasteiger partial charge in [-0.3, -0.25) is 4.99 Å². The van der Waals surface area contributed by atoms with Gasteiger partial charge in [-0.1, -0.05) is 0 Å². The lowest BCUT2D eigenvalue weighted by Crippen LogP contribution is -2.46. The molecule has 1 rings (SSSR count). The van der Waals surface area contributed by atoms with Crippen molar-refractivity contribution in [1.29, 1.82) is 0 Å². The van der Waals surface area contributed by atoms with Crippen molar-refractivity contribution in [2.75, 3.05) is 13.1 Å². The summed E-state index contributed by atoms with van der Waals surface area (Å²) in [6, 6.07) is -0.508. The van der Waals surface area contributed by atoms with Gasteiger partial charge in [0.25, 0.3) is 0 Å². The summed E-state index contributed by atoms with van der Waals surface area (Å²) in [6.07, 6.45) is 0.541. The Morgan fingerprint density at radius 3 is 3.18 bits per heavy atom. The summed E-state index contributed by atoms with van der Waals surface area (Å²) in [5, 5.41) is 11.3. The van der Waals surface area contributed by atoms with Gasteiger partial charge in [-0.25, -0.2) is 4.79 Å². The van der Waals surface area contributed by atoms with Crippen LogP contribution < -0.4 is 11.1 Å². The van der Waals surface area contributed by atoms with Crippen molar-refractivity contribution >= 4 is 11.8 Å². The van der Waals surface area contributed by atoms with Gasteiger partial charge in [0.15, 0.2) is 0 Å². The fourth-order valence-electron chi connectivity index (χ4n) is 0.956. The maximum Gasteiger partial charge on any atom is 0.326 e. The van der Waals surface area contributed by atoms with Gasteiger partial charge >= 0.3 is 5.97 Å². The van der Waals surface area contributed by atoms with Gasteiger partial charge in [-0.2, -0.15) is 0 Å². The first kappa shape index (κ1) is 8.00. The zero-order valence-corrected chi connectivity index (χ0v) is 6.08. The van der Waals surface area contributed by atoms with E-state index in [1.165, 1.54) is 0 Å². The average Bonchev–Trinajstić information content (AvgIpc) is 2.05. The summed E-state index contributed by atoms with van der Waals surface area (Å²) in [5.74, 6) is -0.255. The van der Waals surface area contributed by atoms with Crippen LogP contribution in [0.2, 0.25) is 0 Å². The molecule has 1 heterocycles. The van der Waals surface area contributed by atoms with Gasteiger partial charge < -0.3 is 16.2 Å². The molecule has 0 fully saturated rings. The van der Waals surface area contributed by atoms with Crippen LogP contribution in [-0.2, 0) is 4.79 Å². The van der Waals surface area contributed by atoms with E-state index in [2.05, 4.69) is 10.3 Å². The van der Waals surface area contributed by atoms with Gasteiger partial charge in [0.1, 0.15) is 11.9 Å².